The van der Waals surface area contributed by atoms with Crippen LogP contribution in [-0.2, 0) is 5.41 Å². The monoisotopic (exact) mass is 470 g/mol. The summed E-state index contributed by atoms with van der Waals surface area (Å²) < 4.78 is 0. The highest BCUT2D eigenvalue weighted by Gasteiger charge is 2.38. The first-order valence-corrected chi connectivity index (χ1v) is 12.7. The van der Waals surface area contributed by atoms with E-state index in [0.29, 0.717) is 0 Å². The second-order valence-electron chi connectivity index (χ2n) is 11.5. The predicted octanol–water partition coefficient (Wildman–Crippen LogP) is 9.09. The second kappa shape index (κ2) is 8.38. The third-order valence-corrected chi connectivity index (χ3v) is 7.61. The smallest absolute Gasteiger partial charge is 0.0998 e. The molecule has 0 spiro atoms. The summed E-state index contributed by atoms with van der Waals surface area (Å²) >= 11 is 0. The fraction of sp³-hybridized carbons (Fsp3) is 0.265. The summed E-state index contributed by atoms with van der Waals surface area (Å²) in [6.45, 7) is 15.8. The molecular weight excluding hydrogens is 436 g/mol. The number of hydrogen-bond donors (Lipinski definition) is 0. The van der Waals surface area contributed by atoms with Crippen LogP contribution in [0.5, 0.6) is 0 Å². The summed E-state index contributed by atoms with van der Waals surface area (Å²) in [7, 11) is 0. The van der Waals surface area contributed by atoms with Gasteiger partial charge in [0, 0.05) is 27.9 Å². The Hall–Kier alpha value is -3.83. The van der Waals surface area contributed by atoms with Crippen LogP contribution in [0.3, 0.4) is 0 Å². The van der Waals surface area contributed by atoms with E-state index in [-0.39, 0.29) is 11.0 Å². The molecule has 0 heterocycles. The van der Waals surface area contributed by atoms with E-state index in [9.17, 15) is 5.26 Å². The Balaban J connectivity index is 1.74. The van der Waals surface area contributed by atoms with Gasteiger partial charge in [0.05, 0.1) is 11.6 Å². The van der Waals surface area contributed by atoms with Gasteiger partial charge in [-0.3, -0.25) is 0 Å². The number of hydrogen-bond acceptors (Lipinski definition) is 2. The minimum Gasteiger partial charge on any atom is -0.336 e. The van der Waals surface area contributed by atoms with Crippen molar-refractivity contribution in [3.63, 3.8) is 0 Å². The Kier molecular flexibility index (Phi) is 5.56. The molecule has 0 bridgehead atoms. The van der Waals surface area contributed by atoms with Gasteiger partial charge in [-0.05, 0) is 97.8 Å². The molecular formula is C34H34N2. The van der Waals surface area contributed by atoms with Gasteiger partial charge < -0.3 is 4.90 Å². The summed E-state index contributed by atoms with van der Waals surface area (Å²) in [6, 6.07) is 30.6. The fourth-order valence-corrected chi connectivity index (χ4v) is 5.78. The first kappa shape index (κ1) is 23.9. The molecule has 36 heavy (non-hydrogen) atoms. The summed E-state index contributed by atoms with van der Waals surface area (Å²) in [5.41, 5.74) is 12.6. The van der Waals surface area contributed by atoms with Crippen molar-refractivity contribution < 1.29 is 0 Å². The highest BCUT2D eigenvalue weighted by molar-refractivity contribution is 5.88. The van der Waals surface area contributed by atoms with Gasteiger partial charge in [0.1, 0.15) is 0 Å². The molecule has 0 atom stereocenters. The van der Waals surface area contributed by atoms with Crippen LogP contribution in [-0.4, -0.2) is 5.54 Å². The minimum absolute atomic E-state index is 0.146. The maximum Gasteiger partial charge on any atom is 0.0998 e. The van der Waals surface area contributed by atoms with E-state index in [2.05, 4.69) is 126 Å². The average Bonchev–Trinajstić information content (AvgIpc) is 3.06. The van der Waals surface area contributed by atoms with Crippen LogP contribution in [0.25, 0.3) is 22.3 Å². The fourth-order valence-electron chi connectivity index (χ4n) is 5.78. The first-order valence-electron chi connectivity index (χ1n) is 12.7. The highest BCUT2D eigenvalue weighted by Crippen LogP contribution is 2.52. The normalized spacial score (nSPS) is 13.6. The Bertz CT molecular complexity index is 1510. The molecule has 2 nitrogen and oxygen atoms in total. The van der Waals surface area contributed by atoms with Gasteiger partial charge in [-0.2, -0.15) is 5.26 Å². The third kappa shape index (κ3) is 3.71. The average molecular weight is 471 g/mol. The molecule has 4 aromatic rings. The molecule has 0 aromatic heterocycles. The van der Waals surface area contributed by atoms with Gasteiger partial charge in [-0.25, -0.2) is 0 Å². The van der Waals surface area contributed by atoms with Crippen molar-refractivity contribution in [1.29, 1.82) is 5.26 Å². The zero-order chi connectivity index (χ0) is 25.8. The minimum atomic E-state index is -0.176. The first-order chi connectivity index (χ1) is 17.0. The van der Waals surface area contributed by atoms with E-state index < -0.39 is 0 Å². The van der Waals surface area contributed by atoms with Crippen LogP contribution < -0.4 is 4.90 Å². The number of aryl methyl sites for hydroxylation is 2. The standard InChI is InChI=1S/C34H34N2/c1-22-16-17-25(24-12-9-8-10-13-24)19-30(22)36(33(3,4)5)31-20-29-27(18-23(31)2)32-26(21-35)14-11-15-28(32)34(29,6)7/h8-20H,1-7H3. The Morgan fingerprint density at radius 3 is 2.08 bits per heavy atom. The summed E-state index contributed by atoms with van der Waals surface area (Å²) in [5, 5.41) is 9.86. The molecule has 0 aliphatic heterocycles. The van der Waals surface area contributed by atoms with Crippen LogP contribution in [0.2, 0.25) is 0 Å². The quantitative estimate of drug-likeness (QED) is 0.298. The SMILES string of the molecule is Cc1ccc(-c2ccccc2)cc1N(c1cc2c(cc1C)-c1c(C#N)cccc1C2(C)C)C(C)(C)C. The largest absolute Gasteiger partial charge is 0.336 e. The molecule has 1 aliphatic rings. The molecule has 1 aliphatic carbocycles. The number of nitrogens with zero attached hydrogens (tertiary/aromatic N) is 2. The van der Waals surface area contributed by atoms with Gasteiger partial charge in [0.25, 0.3) is 0 Å². The van der Waals surface area contributed by atoms with E-state index in [1.54, 1.807) is 0 Å². The number of rotatable bonds is 3. The van der Waals surface area contributed by atoms with Crippen molar-refractivity contribution in [3.05, 3.63) is 107 Å². The van der Waals surface area contributed by atoms with Crippen LogP contribution in [0, 0.1) is 25.2 Å². The molecule has 0 amide bonds. The predicted molar refractivity (Wildman–Crippen MR) is 152 cm³/mol. The number of anilines is 2. The molecule has 0 saturated carbocycles. The van der Waals surface area contributed by atoms with Gasteiger partial charge in [0.2, 0.25) is 0 Å². The molecule has 180 valence electrons. The van der Waals surface area contributed by atoms with Crippen molar-refractivity contribution >= 4 is 11.4 Å². The number of nitriles is 1. The van der Waals surface area contributed by atoms with Gasteiger partial charge in [-0.1, -0.05) is 68.4 Å². The molecule has 0 radical (unpaired) electrons. The molecule has 0 unspecified atom stereocenters. The lowest BCUT2D eigenvalue weighted by molar-refractivity contribution is 0.557. The van der Waals surface area contributed by atoms with E-state index in [4.69, 9.17) is 0 Å². The molecule has 0 N–H and O–H groups in total. The zero-order valence-corrected chi connectivity index (χ0v) is 22.4. The molecule has 5 rings (SSSR count). The lowest BCUT2D eigenvalue weighted by Gasteiger charge is -2.40. The van der Waals surface area contributed by atoms with Crippen molar-refractivity contribution in [2.45, 2.75) is 59.4 Å². The van der Waals surface area contributed by atoms with E-state index in [1.165, 1.54) is 50.3 Å². The summed E-state index contributed by atoms with van der Waals surface area (Å²) in [4.78, 5) is 2.49. The maximum absolute atomic E-state index is 9.86. The number of fused-ring (bicyclic) bond motifs is 3. The molecule has 0 fully saturated rings. The van der Waals surface area contributed by atoms with Crippen LogP contribution in [0.15, 0.2) is 78.9 Å². The van der Waals surface area contributed by atoms with E-state index >= 15 is 0 Å². The van der Waals surface area contributed by atoms with Gasteiger partial charge >= 0.3 is 0 Å². The van der Waals surface area contributed by atoms with Crippen LogP contribution in [0.4, 0.5) is 11.4 Å². The Morgan fingerprint density at radius 1 is 0.722 bits per heavy atom. The third-order valence-electron chi connectivity index (χ3n) is 7.61. The molecule has 4 aromatic carbocycles. The van der Waals surface area contributed by atoms with Gasteiger partial charge in [0.15, 0.2) is 0 Å². The Labute approximate surface area is 215 Å². The van der Waals surface area contributed by atoms with Crippen molar-refractivity contribution in [2.24, 2.45) is 0 Å². The van der Waals surface area contributed by atoms with E-state index in [0.717, 1.165) is 11.1 Å². The van der Waals surface area contributed by atoms with E-state index in [1.807, 2.05) is 12.1 Å². The summed E-state index contributed by atoms with van der Waals surface area (Å²) in [6.07, 6.45) is 0. The Morgan fingerprint density at radius 2 is 1.42 bits per heavy atom. The highest BCUT2D eigenvalue weighted by atomic mass is 15.2. The van der Waals surface area contributed by atoms with Crippen LogP contribution >= 0.6 is 0 Å². The zero-order valence-electron chi connectivity index (χ0n) is 22.4. The summed E-state index contributed by atoms with van der Waals surface area (Å²) in [5.74, 6) is 0. The van der Waals surface area contributed by atoms with Crippen molar-refractivity contribution in [1.82, 2.24) is 0 Å². The second-order valence-corrected chi connectivity index (χ2v) is 11.5. The van der Waals surface area contributed by atoms with Gasteiger partial charge in [-0.15, -0.1) is 0 Å². The lowest BCUT2D eigenvalue weighted by Crippen LogP contribution is -2.38. The lowest BCUT2D eigenvalue weighted by atomic mass is 9.81. The maximum atomic E-state index is 9.86. The molecule has 2 heteroatoms. The topological polar surface area (TPSA) is 27.0 Å². The van der Waals surface area contributed by atoms with Crippen LogP contribution in [0.1, 0.15) is 62.4 Å². The molecule has 0 saturated heterocycles. The number of benzene rings is 4. The van der Waals surface area contributed by atoms with Crippen molar-refractivity contribution in [3.8, 4) is 28.3 Å². The van der Waals surface area contributed by atoms with Crippen molar-refractivity contribution in [2.75, 3.05) is 4.90 Å².